The molecule has 2 fully saturated rings. The largest absolute Gasteiger partial charge is 0.497 e. The summed E-state index contributed by atoms with van der Waals surface area (Å²) in [6, 6.07) is 14.2. The topological polar surface area (TPSA) is 43.8 Å². The van der Waals surface area contributed by atoms with Crippen molar-refractivity contribution < 1.29 is 14.2 Å². The molecule has 0 aliphatic carbocycles. The number of pyridine rings is 1. The Hall–Kier alpha value is -2.11. The average molecular weight is 368 g/mol. The fourth-order valence-corrected chi connectivity index (χ4v) is 4.37. The van der Waals surface area contributed by atoms with E-state index in [4.69, 9.17) is 14.2 Å². The Morgan fingerprint density at radius 1 is 1.22 bits per heavy atom. The Kier molecular flexibility index (Phi) is 5.60. The molecule has 5 nitrogen and oxygen atoms in total. The first-order valence-corrected chi connectivity index (χ1v) is 9.78. The Morgan fingerprint density at radius 2 is 2.11 bits per heavy atom. The molecule has 1 aromatic carbocycles. The molecule has 2 unspecified atom stereocenters. The molecular formula is C22H28N2O3. The molecule has 4 rings (SSSR count). The summed E-state index contributed by atoms with van der Waals surface area (Å²) in [7, 11) is 1.70. The van der Waals surface area contributed by atoms with Crippen LogP contribution in [0.4, 0.5) is 0 Å². The molecule has 144 valence electrons. The van der Waals surface area contributed by atoms with Crippen molar-refractivity contribution in [3.63, 3.8) is 0 Å². The minimum Gasteiger partial charge on any atom is -0.497 e. The van der Waals surface area contributed by atoms with Crippen molar-refractivity contribution in [1.82, 2.24) is 9.88 Å². The van der Waals surface area contributed by atoms with Gasteiger partial charge in [0.2, 0.25) is 5.88 Å². The highest BCUT2D eigenvalue weighted by molar-refractivity contribution is 5.27. The van der Waals surface area contributed by atoms with E-state index in [9.17, 15) is 0 Å². The maximum absolute atomic E-state index is 6.16. The molecule has 5 heteroatoms. The summed E-state index contributed by atoms with van der Waals surface area (Å²) in [6.07, 6.45) is 5.35. The normalized spacial score (nSPS) is 25.6. The molecule has 2 aromatic rings. The van der Waals surface area contributed by atoms with Crippen LogP contribution < -0.4 is 9.47 Å². The summed E-state index contributed by atoms with van der Waals surface area (Å²) < 4.78 is 17.5. The molecule has 2 aliphatic heterocycles. The molecule has 2 aliphatic rings. The third-order valence-electron chi connectivity index (χ3n) is 5.78. The summed E-state index contributed by atoms with van der Waals surface area (Å²) in [5.41, 5.74) is 1.35. The highest BCUT2D eigenvalue weighted by Gasteiger charge is 2.46. The van der Waals surface area contributed by atoms with Crippen LogP contribution in [0.15, 0.2) is 48.7 Å². The number of ether oxygens (including phenoxy) is 3. The van der Waals surface area contributed by atoms with Gasteiger partial charge in [-0.15, -0.1) is 0 Å². The average Bonchev–Trinajstić information content (AvgIpc) is 2.73. The molecular weight excluding hydrogens is 340 g/mol. The van der Waals surface area contributed by atoms with Crippen LogP contribution in [0.2, 0.25) is 0 Å². The van der Waals surface area contributed by atoms with E-state index < -0.39 is 0 Å². The van der Waals surface area contributed by atoms with Crippen molar-refractivity contribution in [3.8, 4) is 11.6 Å². The molecule has 27 heavy (non-hydrogen) atoms. The lowest BCUT2D eigenvalue weighted by Gasteiger charge is -2.50. The molecule has 2 atom stereocenters. The molecule has 1 aromatic heterocycles. The number of hydrogen-bond acceptors (Lipinski definition) is 5. The van der Waals surface area contributed by atoms with E-state index in [1.165, 1.54) is 5.56 Å². The zero-order valence-corrected chi connectivity index (χ0v) is 16.0. The van der Waals surface area contributed by atoms with E-state index in [1.807, 2.05) is 30.3 Å². The minimum absolute atomic E-state index is 0.0422. The maximum Gasteiger partial charge on any atom is 0.213 e. The molecule has 0 spiro atoms. The second-order valence-electron chi connectivity index (χ2n) is 7.63. The zero-order chi connectivity index (χ0) is 18.5. The predicted octanol–water partition coefficient (Wildman–Crippen LogP) is 3.54. The number of hydrogen-bond donors (Lipinski definition) is 0. The number of nitrogens with zero attached hydrogens (tertiary/aromatic N) is 2. The smallest absolute Gasteiger partial charge is 0.213 e. The van der Waals surface area contributed by atoms with Crippen molar-refractivity contribution in [2.45, 2.75) is 31.9 Å². The van der Waals surface area contributed by atoms with Gasteiger partial charge in [0.15, 0.2) is 0 Å². The van der Waals surface area contributed by atoms with E-state index >= 15 is 0 Å². The lowest BCUT2D eigenvalue weighted by molar-refractivity contribution is -0.141. The maximum atomic E-state index is 6.16. The number of methoxy groups -OCH3 is 1. The Bertz CT molecular complexity index is 722. The van der Waals surface area contributed by atoms with E-state index in [2.05, 4.69) is 22.0 Å². The lowest BCUT2D eigenvalue weighted by atomic mass is 9.73. The van der Waals surface area contributed by atoms with Crippen molar-refractivity contribution in [2.75, 3.05) is 33.4 Å². The monoisotopic (exact) mass is 368 g/mol. The second-order valence-corrected chi connectivity index (χ2v) is 7.63. The van der Waals surface area contributed by atoms with Gasteiger partial charge in [-0.25, -0.2) is 4.98 Å². The number of fused-ring (bicyclic) bond motifs is 1. The highest BCUT2D eigenvalue weighted by Crippen LogP contribution is 2.41. The number of benzene rings is 1. The minimum atomic E-state index is 0.0422. The summed E-state index contributed by atoms with van der Waals surface area (Å²) in [5, 5.41) is 0. The Labute approximate surface area is 161 Å². The molecule has 0 N–H and O–H groups in total. The first kappa shape index (κ1) is 18.3. The van der Waals surface area contributed by atoms with Crippen LogP contribution >= 0.6 is 0 Å². The standard InChI is InChI=1S/C22H28N2O3/c1-25-19-8-6-18(7-9-19)15-24-13-10-20-22(16-24,11-4-14-26-20)17-27-21-5-2-3-12-23-21/h2-3,5-9,12,20H,4,10-11,13-17H2,1H3. The number of aromatic nitrogens is 1. The number of rotatable bonds is 6. The van der Waals surface area contributed by atoms with E-state index in [1.54, 1.807) is 13.3 Å². The fourth-order valence-electron chi connectivity index (χ4n) is 4.37. The first-order valence-electron chi connectivity index (χ1n) is 9.78. The van der Waals surface area contributed by atoms with Crippen molar-refractivity contribution >= 4 is 0 Å². The lowest BCUT2D eigenvalue weighted by Crippen LogP contribution is -2.57. The Balaban J connectivity index is 1.45. The van der Waals surface area contributed by atoms with Crippen LogP contribution in [0.1, 0.15) is 24.8 Å². The van der Waals surface area contributed by atoms with Crippen LogP contribution in [0.5, 0.6) is 11.6 Å². The molecule has 0 saturated carbocycles. The van der Waals surface area contributed by atoms with E-state index in [-0.39, 0.29) is 11.5 Å². The highest BCUT2D eigenvalue weighted by atomic mass is 16.5. The van der Waals surface area contributed by atoms with Gasteiger partial charge in [-0.2, -0.15) is 0 Å². The third kappa shape index (κ3) is 4.25. The Morgan fingerprint density at radius 3 is 2.89 bits per heavy atom. The SMILES string of the molecule is COc1ccc(CN2CCC3OCCCC3(COc3ccccn3)C2)cc1. The first-order chi connectivity index (χ1) is 13.3. The summed E-state index contributed by atoms with van der Waals surface area (Å²) in [6.45, 7) is 4.53. The van der Waals surface area contributed by atoms with Gasteiger partial charge < -0.3 is 14.2 Å². The van der Waals surface area contributed by atoms with Gasteiger partial charge in [0.25, 0.3) is 0 Å². The summed E-state index contributed by atoms with van der Waals surface area (Å²) in [4.78, 5) is 6.85. The van der Waals surface area contributed by atoms with Gasteiger partial charge in [0.05, 0.1) is 19.8 Å². The van der Waals surface area contributed by atoms with Crippen LogP contribution in [0.3, 0.4) is 0 Å². The molecule has 0 radical (unpaired) electrons. The van der Waals surface area contributed by atoms with Gasteiger partial charge in [-0.05, 0) is 43.0 Å². The van der Waals surface area contributed by atoms with Crippen LogP contribution in [-0.2, 0) is 11.3 Å². The van der Waals surface area contributed by atoms with Gasteiger partial charge in [-0.1, -0.05) is 18.2 Å². The second kappa shape index (κ2) is 8.28. The summed E-state index contributed by atoms with van der Waals surface area (Å²) >= 11 is 0. The molecule has 2 saturated heterocycles. The van der Waals surface area contributed by atoms with Gasteiger partial charge in [0, 0.05) is 43.9 Å². The summed E-state index contributed by atoms with van der Waals surface area (Å²) in [5.74, 6) is 1.60. The fraction of sp³-hybridized carbons (Fsp3) is 0.500. The predicted molar refractivity (Wildman–Crippen MR) is 104 cm³/mol. The van der Waals surface area contributed by atoms with Gasteiger partial charge in [0.1, 0.15) is 5.75 Å². The number of piperidine rings is 1. The van der Waals surface area contributed by atoms with Crippen LogP contribution in [-0.4, -0.2) is 49.4 Å². The quantitative estimate of drug-likeness (QED) is 0.780. The van der Waals surface area contributed by atoms with Gasteiger partial charge in [-0.3, -0.25) is 4.90 Å². The van der Waals surface area contributed by atoms with E-state index in [0.29, 0.717) is 12.5 Å². The van der Waals surface area contributed by atoms with Crippen LogP contribution in [0.25, 0.3) is 0 Å². The van der Waals surface area contributed by atoms with Gasteiger partial charge >= 0.3 is 0 Å². The van der Waals surface area contributed by atoms with Crippen molar-refractivity contribution in [1.29, 1.82) is 0 Å². The number of likely N-dealkylation sites (tertiary alicyclic amines) is 1. The van der Waals surface area contributed by atoms with Crippen molar-refractivity contribution in [3.05, 3.63) is 54.2 Å². The third-order valence-corrected chi connectivity index (χ3v) is 5.78. The molecule has 3 heterocycles. The van der Waals surface area contributed by atoms with Crippen LogP contribution in [0, 0.1) is 5.41 Å². The molecule has 0 amide bonds. The van der Waals surface area contributed by atoms with Crippen molar-refractivity contribution in [2.24, 2.45) is 5.41 Å². The molecule has 0 bridgehead atoms. The zero-order valence-electron chi connectivity index (χ0n) is 16.0. The van der Waals surface area contributed by atoms with E-state index in [0.717, 1.165) is 51.3 Å².